The highest BCUT2D eigenvalue weighted by Gasteiger charge is 2.58. The van der Waals surface area contributed by atoms with Crippen LogP contribution in [0.25, 0.3) is 0 Å². The Hall–Kier alpha value is -2.25. The fourth-order valence-electron chi connectivity index (χ4n) is 3.63. The van der Waals surface area contributed by atoms with Gasteiger partial charge in [0.25, 0.3) is 0 Å². The molecule has 0 aromatic heterocycles. The number of carbonyl (C=O) groups excluding carboxylic acids is 3. The normalized spacial score (nSPS) is 41.1. The molecule has 0 bridgehead atoms. The predicted octanol–water partition coefficient (Wildman–Crippen LogP) is 1.40. The molecule has 1 N–H and O–H groups in total. The summed E-state index contributed by atoms with van der Waals surface area (Å²) in [5, 5.41) is 10.9. The van der Waals surface area contributed by atoms with E-state index >= 15 is 0 Å². The lowest BCUT2D eigenvalue weighted by Crippen LogP contribution is -2.44. The molecule has 2 saturated heterocycles. The molecule has 6 atom stereocenters. The van der Waals surface area contributed by atoms with Crippen molar-refractivity contribution in [3.63, 3.8) is 0 Å². The summed E-state index contributed by atoms with van der Waals surface area (Å²) in [6, 6.07) is 0. The summed E-state index contributed by atoms with van der Waals surface area (Å²) in [5.74, 6) is -2.11. The van der Waals surface area contributed by atoms with E-state index in [9.17, 15) is 19.5 Å². The molecule has 2 heterocycles. The van der Waals surface area contributed by atoms with Crippen LogP contribution in [0.3, 0.4) is 0 Å². The van der Waals surface area contributed by atoms with Gasteiger partial charge in [0.2, 0.25) is 0 Å². The number of epoxide rings is 1. The average Bonchev–Trinajstić information content (AvgIpc) is 3.35. The maximum atomic E-state index is 12.5. The maximum Gasteiger partial charge on any atom is 0.334 e. The lowest BCUT2D eigenvalue weighted by molar-refractivity contribution is -0.151. The van der Waals surface area contributed by atoms with Gasteiger partial charge in [-0.25, -0.2) is 9.59 Å². The molecule has 0 amide bonds. The van der Waals surface area contributed by atoms with Gasteiger partial charge in [-0.3, -0.25) is 4.79 Å². The van der Waals surface area contributed by atoms with Crippen LogP contribution >= 0.6 is 0 Å². The van der Waals surface area contributed by atoms with Gasteiger partial charge in [0.05, 0.1) is 11.5 Å². The average molecular weight is 376 g/mol. The fourth-order valence-corrected chi connectivity index (χ4v) is 3.63. The molecule has 0 aromatic carbocycles. The van der Waals surface area contributed by atoms with Crippen molar-refractivity contribution in [1.29, 1.82) is 0 Å². The van der Waals surface area contributed by atoms with Crippen LogP contribution in [0, 0.1) is 5.92 Å². The summed E-state index contributed by atoms with van der Waals surface area (Å²) in [5.41, 5.74) is -0.505. The number of allylic oxidation sites excluding steroid dienone is 1. The van der Waals surface area contributed by atoms with E-state index in [1.807, 2.05) is 0 Å². The third-order valence-corrected chi connectivity index (χ3v) is 5.46. The minimum atomic E-state index is -1.43. The molecule has 7 heteroatoms. The van der Waals surface area contributed by atoms with Crippen molar-refractivity contribution in [3.8, 4) is 0 Å². The summed E-state index contributed by atoms with van der Waals surface area (Å²) in [6.45, 7) is 10.2. The number of hydrogen-bond donors (Lipinski definition) is 1. The van der Waals surface area contributed by atoms with Crippen molar-refractivity contribution in [2.24, 2.45) is 5.92 Å². The summed E-state index contributed by atoms with van der Waals surface area (Å²) in [6.07, 6.45) is 0.0321. The standard InChI is InChI=1S/C20H24O7/c1-6-9(2)18(22)26-13-8-20(5,24)17-16(27-17)15(21)10(3)7-12-14(13)11(4)19(23)25-12/h6-7,12-14,16-17,24H,4,8H2,1-3,5H3/b9-6+,10-7-/t12-,13?,14+,16+,17-,20-/m1/s1. The van der Waals surface area contributed by atoms with Crippen LogP contribution in [0.1, 0.15) is 34.1 Å². The van der Waals surface area contributed by atoms with Gasteiger partial charge in [-0.2, -0.15) is 0 Å². The van der Waals surface area contributed by atoms with Crippen molar-refractivity contribution in [3.05, 3.63) is 35.5 Å². The predicted molar refractivity (Wildman–Crippen MR) is 94.5 cm³/mol. The molecule has 3 rings (SSSR count). The smallest absolute Gasteiger partial charge is 0.334 e. The number of esters is 2. The molecule has 0 saturated carbocycles. The third kappa shape index (κ3) is 3.49. The van der Waals surface area contributed by atoms with Crippen molar-refractivity contribution in [1.82, 2.24) is 0 Å². The molecular weight excluding hydrogens is 352 g/mol. The number of aliphatic hydroxyl groups is 1. The Balaban J connectivity index is 2.03. The van der Waals surface area contributed by atoms with Crippen molar-refractivity contribution in [2.45, 2.75) is 64.1 Å². The number of Topliss-reactive ketones (excluding diaryl/α,β-unsaturated/α-hetero) is 1. The number of ether oxygens (including phenoxy) is 3. The molecule has 7 nitrogen and oxygen atoms in total. The minimum absolute atomic E-state index is 0.0199. The highest BCUT2D eigenvalue weighted by Crippen LogP contribution is 2.43. The largest absolute Gasteiger partial charge is 0.458 e. The Labute approximate surface area is 157 Å². The molecule has 146 valence electrons. The van der Waals surface area contributed by atoms with Crippen LogP contribution in [0.15, 0.2) is 35.5 Å². The van der Waals surface area contributed by atoms with Crippen molar-refractivity contribution >= 4 is 17.7 Å². The summed E-state index contributed by atoms with van der Waals surface area (Å²) >= 11 is 0. The van der Waals surface area contributed by atoms with Crippen LogP contribution in [0.5, 0.6) is 0 Å². The number of hydrogen-bond acceptors (Lipinski definition) is 7. The Kier molecular flexibility index (Phi) is 4.86. The van der Waals surface area contributed by atoms with Gasteiger partial charge in [0.1, 0.15) is 24.4 Å². The molecule has 2 aliphatic heterocycles. The fraction of sp³-hybridized carbons (Fsp3) is 0.550. The van der Waals surface area contributed by atoms with Crippen LogP contribution in [-0.2, 0) is 28.6 Å². The van der Waals surface area contributed by atoms with E-state index in [2.05, 4.69) is 6.58 Å². The first-order chi connectivity index (χ1) is 12.6. The second-order valence-corrected chi connectivity index (χ2v) is 7.59. The molecule has 1 unspecified atom stereocenters. The van der Waals surface area contributed by atoms with Crippen LogP contribution in [0.4, 0.5) is 0 Å². The van der Waals surface area contributed by atoms with E-state index in [1.165, 1.54) is 6.92 Å². The van der Waals surface area contributed by atoms with E-state index in [4.69, 9.17) is 14.2 Å². The third-order valence-electron chi connectivity index (χ3n) is 5.46. The molecular formula is C20H24O7. The van der Waals surface area contributed by atoms with E-state index < -0.39 is 47.9 Å². The molecule has 1 aliphatic carbocycles. The summed E-state index contributed by atoms with van der Waals surface area (Å²) in [4.78, 5) is 36.9. The zero-order chi connectivity index (χ0) is 20.1. The zero-order valence-corrected chi connectivity index (χ0v) is 15.9. The number of carbonyl (C=O) groups is 3. The molecule has 0 aromatic rings. The first-order valence-corrected chi connectivity index (χ1v) is 8.91. The molecule has 0 radical (unpaired) electrons. The van der Waals surface area contributed by atoms with Gasteiger partial charge >= 0.3 is 11.9 Å². The van der Waals surface area contributed by atoms with E-state index in [1.54, 1.807) is 32.9 Å². The van der Waals surface area contributed by atoms with E-state index in [-0.39, 0.29) is 17.8 Å². The monoisotopic (exact) mass is 376 g/mol. The Morgan fingerprint density at radius 2 is 2.11 bits per heavy atom. The zero-order valence-electron chi connectivity index (χ0n) is 15.9. The first kappa shape index (κ1) is 19.5. The van der Waals surface area contributed by atoms with Crippen molar-refractivity contribution in [2.75, 3.05) is 0 Å². The van der Waals surface area contributed by atoms with Crippen molar-refractivity contribution < 1.29 is 33.7 Å². The SMILES string of the molecule is C=C1C(=O)O[C@@H]2/C=C(/C)C(=O)[C@@H]3O[C@H]3[C@](C)(O)CC(OC(=O)/C(C)=C/C)[C@@H]12. The molecule has 2 fully saturated rings. The van der Waals surface area contributed by atoms with Crippen LogP contribution in [0.2, 0.25) is 0 Å². The lowest BCUT2D eigenvalue weighted by atomic mass is 9.80. The van der Waals surface area contributed by atoms with Crippen LogP contribution < -0.4 is 0 Å². The van der Waals surface area contributed by atoms with Gasteiger partial charge in [-0.1, -0.05) is 12.7 Å². The number of rotatable bonds is 2. The van der Waals surface area contributed by atoms with Gasteiger partial charge in [0.15, 0.2) is 5.78 Å². The number of ketones is 1. The molecule has 27 heavy (non-hydrogen) atoms. The van der Waals surface area contributed by atoms with E-state index in [0.717, 1.165) is 0 Å². The van der Waals surface area contributed by atoms with Gasteiger partial charge in [0, 0.05) is 17.6 Å². The van der Waals surface area contributed by atoms with Gasteiger partial charge in [-0.15, -0.1) is 0 Å². The Bertz CT molecular complexity index is 773. The molecule has 3 aliphatic rings. The Morgan fingerprint density at radius 3 is 2.74 bits per heavy atom. The first-order valence-electron chi connectivity index (χ1n) is 8.91. The molecule has 0 spiro atoms. The van der Waals surface area contributed by atoms with Gasteiger partial charge < -0.3 is 19.3 Å². The quantitative estimate of drug-likeness (QED) is 0.441. The van der Waals surface area contributed by atoms with Crippen LogP contribution in [-0.4, -0.2) is 52.8 Å². The summed E-state index contributed by atoms with van der Waals surface area (Å²) < 4.78 is 16.4. The highest BCUT2D eigenvalue weighted by molar-refractivity contribution is 6.01. The number of fused-ring (bicyclic) bond motifs is 2. The Morgan fingerprint density at radius 1 is 1.44 bits per heavy atom. The lowest BCUT2D eigenvalue weighted by Gasteiger charge is -2.32. The van der Waals surface area contributed by atoms with E-state index in [0.29, 0.717) is 11.1 Å². The minimum Gasteiger partial charge on any atom is -0.458 e. The highest BCUT2D eigenvalue weighted by atomic mass is 16.6. The second-order valence-electron chi connectivity index (χ2n) is 7.59. The maximum absolute atomic E-state index is 12.5. The summed E-state index contributed by atoms with van der Waals surface area (Å²) in [7, 11) is 0. The van der Waals surface area contributed by atoms with Gasteiger partial charge in [-0.05, 0) is 39.3 Å². The topological polar surface area (TPSA) is 102 Å². The second kappa shape index (κ2) is 6.73.